The van der Waals surface area contributed by atoms with Gasteiger partial charge in [0.15, 0.2) is 5.96 Å². The van der Waals surface area contributed by atoms with Crippen molar-refractivity contribution < 1.29 is 0 Å². The average Bonchev–Trinajstić information content (AvgIpc) is 3.20. The van der Waals surface area contributed by atoms with Gasteiger partial charge in [-0.1, -0.05) is 17.7 Å². The molecule has 3 heterocycles. The molecule has 1 unspecified atom stereocenters. The van der Waals surface area contributed by atoms with Crippen molar-refractivity contribution in [2.24, 2.45) is 4.99 Å². The highest BCUT2D eigenvalue weighted by Crippen LogP contribution is 2.25. The van der Waals surface area contributed by atoms with Gasteiger partial charge < -0.3 is 20.9 Å². The van der Waals surface area contributed by atoms with Crippen LogP contribution in [-0.4, -0.2) is 54.7 Å². The molecule has 1 atom stereocenters. The molecule has 2 aromatic heterocycles. The smallest absolute Gasteiger partial charge is 0.191 e. The molecule has 1 fully saturated rings. The average molecular weight is 416 g/mol. The molecule has 0 aliphatic carbocycles. The first-order valence-corrected chi connectivity index (χ1v) is 10.7. The topological polar surface area (TPSA) is 77.5 Å². The number of aromatic nitrogens is 2. The van der Waals surface area contributed by atoms with Gasteiger partial charge in [-0.05, 0) is 50.5 Å². The Bertz CT molecular complexity index is 769. The van der Waals surface area contributed by atoms with E-state index < -0.39 is 0 Å². The van der Waals surface area contributed by atoms with Crippen LogP contribution < -0.4 is 20.9 Å². The Labute approximate surface area is 178 Å². The molecule has 8 heteroatoms. The van der Waals surface area contributed by atoms with Crippen molar-refractivity contribution in [1.29, 1.82) is 0 Å². The Balaban J connectivity index is 1.40. The van der Waals surface area contributed by atoms with E-state index in [1.165, 1.54) is 0 Å². The van der Waals surface area contributed by atoms with Crippen LogP contribution in [-0.2, 0) is 0 Å². The van der Waals surface area contributed by atoms with Crippen LogP contribution in [0.1, 0.15) is 26.2 Å². The van der Waals surface area contributed by atoms with Crippen molar-refractivity contribution in [2.75, 3.05) is 42.9 Å². The molecule has 1 aliphatic heterocycles. The molecule has 1 saturated heterocycles. The van der Waals surface area contributed by atoms with Crippen LogP contribution in [0.3, 0.4) is 0 Å². The Hall–Kier alpha value is -2.54. The van der Waals surface area contributed by atoms with Crippen LogP contribution >= 0.6 is 11.6 Å². The van der Waals surface area contributed by atoms with Gasteiger partial charge >= 0.3 is 0 Å². The number of rotatable bonds is 9. The minimum atomic E-state index is 0.330. The minimum Gasteiger partial charge on any atom is -0.370 e. The minimum absolute atomic E-state index is 0.330. The molecule has 2 aromatic rings. The second-order valence-corrected chi connectivity index (χ2v) is 7.40. The van der Waals surface area contributed by atoms with Crippen LogP contribution in [0.4, 0.5) is 11.6 Å². The standard InChI is InChI=1S/C21H30ClN7/c1-2-23-21(27-13-6-5-12-25-19-9-3-4-11-24-19)28-17-10-15-29(16-17)20-18(22)8-7-14-26-20/h3-4,7-9,11,14,17H,2,5-6,10,12-13,15-16H2,1H3,(H,24,25)(H2,23,27,28). The fourth-order valence-corrected chi connectivity index (χ4v) is 3.55. The molecular weight excluding hydrogens is 386 g/mol. The number of anilines is 2. The second kappa shape index (κ2) is 11.5. The summed E-state index contributed by atoms with van der Waals surface area (Å²) in [5.74, 6) is 2.66. The summed E-state index contributed by atoms with van der Waals surface area (Å²) < 4.78 is 0. The number of unbranched alkanes of at least 4 members (excludes halogenated alkanes) is 1. The molecule has 0 aromatic carbocycles. The first-order chi connectivity index (χ1) is 14.3. The van der Waals surface area contributed by atoms with Crippen LogP contribution in [0.2, 0.25) is 5.02 Å². The quantitative estimate of drug-likeness (QED) is 0.332. The highest BCUT2D eigenvalue weighted by atomic mass is 35.5. The summed E-state index contributed by atoms with van der Waals surface area (Å²) in [5, 5.41) is 10.9. The SMILES string of the molecule is CCNC(=NCCCCNc1ccccn1)NC1CCN(c2ncccc2Cl)C1. The monoisotopic (exact) mass is 415 g/mol. The number of nitrogens with zero attached hydrogens (tertiary/aromatic N) is 4. The summed E-state index contributed by atoms with van der Waals surface area (Å²) in [5.41, 5.74) is 0. The van der Waals surface area contributed by atoms with E-state index >= 15 is 0 Å². The highest BCUT2D eigenvalue weighted by Gasteiger charge is 2.25. The van der Waals surface area contributed by atoms with Gasteiger partial charge in [-0.15, -0.1) is 0 Å². The number of guanidine groups is 1. The van der Waals surface area contributed by atoms with E-state index in [0.29, 0.717) is 11.1 Å². The largest absolute Gasteiger partial charge is 0.370 e. The molecule has 0 bridgehead atoms. The van der Waals surface area contributed by atoms with Crippen molar-refractivity contribution in [3.63, 3.8) is 0 Å². The second-order valence-electron chi connectivity index (χ2n) is 6.99. The van der Waals surface area contributed by atoms with E-state index in [1.54, 1.807) is 12.4 Å². The highest BCUT2D eigenvalue weighted by molar-refractivity contribution is 6.32. The van der Waals surface area contributed by atoms with E-state index in [0.717, 1.165) is 69.6 Å². The summed E-state index contributed by atoms with van der Waals surface area (Å²) >= 11 is 6.29. The van der Waals surface area contributed by atoms with Gasteiger partial charge in [-0.25, -0.2) is 9.97 Å². The molecular formula is C21H30ClN7. The van der Waals surface area contributed by atoms with Crippen molar-refractivity contribution >= 4 is 29.2 Å². The van der Waals surface area contributed by atoms with Crippen molar-refractivity contribution in [3.05, 3.63) is 47.7 Å². The summed E-state index contributed by atoms with van der Waals surface area (Å²) in [6, 6.07) is 9.97. The molecule has 156 valence electrons. The third kappa shape index (κ3) is 6.78. The maximum Gasteiger partial charge on any atom is 0.191 e. The lowest BCUT2D eigenvalue weighted by Crippen LogP contribution is -2.44. The molecule has 0 spiro atoms. The van der Waals surface area contributed by atoms with Crippen molar-refractivity contribution in [1.82, 2.24) is 20.6 Å². The molecule has 0 saturated carbocycles. The Morgan fingerprint density at radius 1 is 1.21 bits per heavy atom. The first-order valence-electron chi connectivity index (χ1n) is 10.3. The molecule has 7 nitrogen and oxygen atoms in total. The number of hydrogen-bond acceptors (Lipinski definition) is 5. The van der Waals surface area contributed by atoms with Gasteiger partial charge in [0.2, 0.25) is 0 Å². The molecule has 3 rings (SSSR count). The van der Waals surface area contributed by atoms with E-state index in [-0.39, 0.29) is 0 Å². The first kappa shape index (κ1) is 21.2. The van der Waals surface area contributed by atoms with Gasteiger partial charge in [0, 0.05) is 51.2 Å². The van der Waals surface area contributed by atoms with Crippen LogP contribution in [0.5, 0.6) is 0 Å². The van der Waals surface area contributed by atoms with Crippen LogP contribution in [0.15, 0.2) is 47.7 Å². The normalized spacial score (nSPS) is 16.7. The van der Waals surface area contributed by atoms with Crippen LogP contribution in [0, 0.1) is 0 Å². The van der Waals surface area contributed by atoms with Gasteiger partial charge in [-0.2, -0.15) is 0 Å². The summed E-state index contributed by atoms with van der Waals surface area (Å²) in [4.78, 5) is 15.6. The number of halogens is 1. The summed E-state index contributed by atoms with van der Waals surface area (Å²) in [6.07, 6.45) is 6.69. The third-order valence-electron chi connectivity index (χ3n) is 4.74. The van der Waals surface area contributed by atoms with E-state index in [2.05, 4.69) is 37.7 Å². The van der Waals surface area contributed by atoms with E-state index in [1.807, 2.05) is 30.3 Å². The zero-order chi connectivity index (χ0) is 20.3. The fourth-order valence-electron chi connectivity index (χ4n) is 3.31. The Kier molecular flexibility index (Phi) is 8.37. The van der Waals surface area contributed by atoms with Gasteiger partial charge in [0.25, 0.3) is 0 Å². The lowest BCUT2D eigenvalue weighted by atomic mass is 10.3. The van der Waals surface area contributed by atoms with Crippen LogP contribution in [0.25, 0.3) is 0 Å². The lowest BCUT2D eigenvalue weighted by Gasteiger charge is -2.20. The summed E-state index contributed by atoms with van der Waals surface area (Å²) in [6.45, 7) is 6.43. The van der Waals surface area contributed by atoms with E-state index in [9.17, 15) is 0 Å². The van der Waals surface area contributed by atoms with Gasteiger partial charge in [0.05, 0.1) is 5.02 Å². The number of aliphatic imine (C=N–C) groups is 1. The molecule has 29 heavy (non-hydrogen) atoms. The molecule has 1 aliphatic rings. The van der Waals surface area contributed by atoms with Gasteiger partial charge in [-0.3, -0.25) is 4.99 Å². The lowest BCUT2D eigenvalue weighted by molar-refractivity contribution is 0.646. The maximum absolute atomic E-state index is 6.29. The zero-order valence-electron chi connectivity index (χ0n) is 16.9. The number of hydrogen-bond donors (Lipinski definition) is 3. The molecule has 0 radical (unpaired) electrons. The maximum atomic E-state index is 6.29. The molecule has 0 amide bonds. The Morgan fingerprint density at radius 2 is 2.10 bits per heavy atom. The predicted molar refractivity (Wildman–Crippen MR) is 121 cm³/mol. The van der Waals surface area contributed by atoms with Crippen molar-refractivity contribution in [3.8, 4) is 0 Å². The van der Waals surface area contributed by atoms with Gasteiger partial charge in [0.1, 0.15) is 11.6 Å². The third-order valence-corrected chi connectivity index (χ3v) is 5.03. The van der Waals surface area contributed by atoms with E-state index in [4.69, 9.17) is 16.6 Å². The fraction of sp³-hybridized carbons (Fsp3) is 0.476. The number of nitrogens with one attached hydrogen (secondary N) is 3. The molecule has 3 N–H and O–H groups in total. The Morgan fingerprint density at radius 3 is 2.90 bits per heavy atom. The number of pyridine rings is 2. The van der Waals surface area contributed by atoms with Crippen molar-refractivity contribution in [2.45, 2.75) is 32.2 Å². The summed E-state index contributed by atoms with van der Waals surface area (Å²) in [7, 11) is 0. The zero-order valence-corrected chi connectivity index (χ0v) is 17.7. The predicted octanol–water partition coefficient (Wildman–Crippen LogP) is 3.16.